The van der Waals surface area contributed by atoms with E-state index in [1.807, 2.05) is 36.6 Å². The first kappa shape index (κ1) is 19.4. The van der Waals surface area contributed by atoms with Crippen LogP contribution >= 0.6 is 22.9 Å². The van der Waals surface area contributed by atoms with Crippen molar-refractivity contribution in [2.45, 2.75) is 20.1 Å². The lowest BCUT2D eigenvalue weighted by atomic mass is 10.2. The first-order valence-corrected chi connectivity index (χ1v) is 10.1. The fourth-order valence-corrected chi connectivity index (χ4v) is 3.91. The van der Waals surface area contributed by atoms with Gasteiger partial charge in [0.1, 0.15) is 17.4 Å². The molecule has 0 spiro atoms. The number of imidazole rings is 1. The lowest BCUT2D eigenvalue weighted by Gasteiger charge is -2.06. The number of aryl methyl sites for hydroxylation is 2. The summed E-state index contributed by atoms with van der Waals surface area (Å²) in [5, 5.41) is 2.83. The molecule has 3 heterocycles. The van der Waals surface area contributed by atoms with E-state index in [4.69, 9.17) is 16.3 Å². The minimum absolute atomic E-state index is 0.128. The Kier molecular flexibility index (Phi) is 5.01. The van der Waals surface area contributed by atoms with Crippen molar-refractivity contribution in [2.75, 3.05) is 0 Å². The zero-order valence-electron chi connectivity index (χ0n) is 16.0. The maximum atomic E-state index is 12.6. The molecule has 1 aromatic carbocycles. The highest BCUT2D eigenvalue weighted by atomic mass is 35.5. The summed E-state index contributed by atoms with van der Waals surface area (Å²) in [6, 6.07) is 7.81. The van der Waals surface area contributed by atoms with Gasteiger partial charge in [0.2, 0.25) is 5.28 Å². The Hall–Kier alpha value is -2.91. The standard InChI is InChI=1S/C19H18ClN5O3S/c1-11-4-6-13(7-5-11)28-9-14-21-12(10-29-14)8-25-15-16(22-18(25)20)23(2)19(27)24(3)17(15)26/h4-7,10H,8-9H2,1-3H3. The smallest absolute Gasteiger partial charge is 0.332 e. The lowest BCUT2D eigenvalue weighted by Crippen LogP contribution is -2.37. The number of fused-ring (bicyclic) bond motifs is 1. The van der Waals surface area contributed by atoms with Gasteiger partial charge in [0, 0.05) is 19.5 Å². The molecule has 0 fully saturated rings. The summed E-state index contributed by atoms with van der Waals surface area (Å²) in [5.41, 5.74) is 1.52. The van der Waals surface area contributed by atoms with Crippen LogP contribution in [0.25, 0.3) is 11.2 Å². The number of hydrogen-bond acceptors (Lipinski definition) is 6. The van der Waals surface area contributed by atoms with Crippen molar-refractivity contribution in [3.63, 3.8) is 0 Å². The Labute approximate surface area is 174 Å². The van der Waals surface area contributed by atoms with Gasteiger partial charge in [-0.1, -0.05) is 17.7 Å². The van der Waals surface area contributed by atoms with Gasteiger partial charge in [0.05, 0.1) is 12.2 Å². The topological polar surface area (TPSA) is 83.9 Å². The second-order valence-corrected chi connectivity index (χ2v) is 7.96. The van der Waals surface area contributed by atoms with Crippen LogP contribution in [0.1, 0.15) is 16.3 Å². The molecule has 0 unspecified atom stereocenters. The Balaban J connectivity index is 1.60. The van der Waals surface area contributed by atoms with Crippen molar-refractivity contribution in [3.8, 4) is 5.75 Å². The van der Waals surface area contributed by atoms with Crippen LogP contribution in [0, 0.1) is 6.92 Å². The number of thiazole rings is 1. The highest BCUT2D eigenvalue weighted by molar-refractivity contribution is 7.09. The molecule has 10 heteroatoms. The molecule has 0 amide bonds. The van der Waals surface area contributed by atoms with Crippen molar-refractivity contribution in [1.29, 1.82) is 0 Å². The van der Waals surface area contributed by atoms with Crippen molar-refractivity contribution in [1.82, 2.24) is 23.7 Å². The number of benzene rings is 1. The van der Waals surface area contributed by atoms with E-state index in [2.05, 4.69) is 9.97 Å². The molecule has 0 aliphatic carbocycles. The van der Waals surface area contributed by atoms with Gasteiger partial charge in [-0.2, -0.15) is 4.98 Å². The normalized spacial score (nSPS) is 11.3. The van der Waals surface area contributed by atoms with Crippen molar-refractivity contribution in [3.05, 3.63) is 72.0 Å². The molecular formula is C19H18ClN5O3S. The molecular weight excluding hydrogens is 414 g/mol. The van der Waals surface area contributed by atoms with Crippen molar-refractivity contribution in [2.24, 2.45) is 14.1 Å². The van der Waals surface area contributed by atoms with Gasteiger partial charge in [0.25, 0.3) is 5.56 Å². The molecule has 0 bridgehead atoms. The van der Waals surface area contributed by atoms with Gasteiger partial charge in [0.15, 0.2) is 11.2 Å². The Morgan fingerprint density at radius 2 is 1.83 bits per heavy atom. The largest absolute Gasteiger partial charge is 0.486 e. The number of ether oxygens (including phenoxy) is 1. The highest BCUT2D eigenvalue weighted by Crippen LogP contribution is 2.20. The molecule has 4 rings (SSSR count). The predicted molar refractivity (Wildman–Crippen MR) is 112 cm³/mol. The molecule has 0 aliphatic heterocycles. The summed E-state index contributed by atoms with van der Waals surface area (Å²) in [7, 11) is 2.99. The van der Waals surface area contributed by atoms with Crippen molar-refractivity contribution >= 4 is 34.1 Å². The van der Waals surface area contributed by atoms with Gasteiger partial charge in [-0.3, -0.25) is 13.9 Å². The van der Waals surface area contributed by atoms with Crippen LogP contribution in [0.3, 0.4) is 0 Å². The molecule has 0 radical (unpaired) electrons. The van der Waals surface area contributed by atoms with E-state index in [0.717, 1.165) is 21.0 Å². The molecule has 3 aromatic heterocycles. The molecule has 0 saturated carbocycles. The van der Waals surface area contributed by atoms with E-state index < -0.39 is 11.2 Å². The van der Waals surface area contributed by atoms with Gasteiger partial charge < -0.3 is 9.30 Å². The van der Waals surface area contributed by atoms with E-state index >= 15 is 0 Å². The van der Waals surface area contributed by atoms with Crippen LogP contribution in [0.2, 0.25) is 5.28 Å². The average molecular weight is 432 g/mol. The number of nitrogens with zero attached hydrogens (tertiary/aromatic N) is 5. The second-order valence-electron chi connectivity index (χ2n) is 6.68. The van der Waals surface area contributed by atoms with Crippen molar-refractivity contribution < 1.29 is 4.74 Å². The first-order chi connectivity index (χ1) is 13.8. The van der Waals surface area contributed by atoms with E-state index in [1.165, 1.54) is 28.5 Å². The summed E-state index contributed by atoms with van der Waals surface area (Å²) in [5.74, 6) is 0.778. The Morgan fingerprint density at radius 3 is 2.55 bits per heavy atom. The van der Waals surface area contributed by atoms with E-state index in [0.29, 0.717) is 6.61 Å². The number of halogens is 1. The van der Waals surface area contributed by atoms with Crippen LogP contribution in [0.5, 0.6) is 5.75 Å². The fraction of sp³-hybridized carbons (Fsp3) is 0.263. The number of rotatable bonds is 5. The predicted octanol–water partition coefficient (Wildman–Crippen LogP) is 2.48. The number of hydrogen-bond donors (Lipinski definition) is 0. The van der Waals surface area contributed by atoms with E-state index in [1.54, 1.807) is 11.6 Å². The summed E-state index contributed by atoms with van der Waals surface area (Å²) in [4.78, 5) is 33.5. The minimum atomic E-state index is -0.451. The van der Waals surface area contributed by atoms with Crippen LogP contribution in [-0.4, -0.2) is 23.7 Å². The first-order valence-electron chi connectivity index (χ1n) is 8.79. The molecule has 150 valence electrons. The molecule has 0 aliphatic rings. The van der Waals surface area contributed by atoms with Gasteiger partial charge in [-0.15, -0.1) is 11.3 Å². The third-order valence-corrected chi connectivity index (χ3v) is 5.76. The van der Waals surface area contributed by atoms with E-state index in [9.17, 15) is 9.59 Å². The van der Waals surface area contributed by atoms with Crippen LogP contribution in [0.4, 0.5) is 0 Å². The summed E-state index contributed by atoms with van der Waals surface area (Å²) in [6.07, 6.45) is 0. The van der Waals surface area contributed by atoms with Crippen LogP contribution < -0.4 is 16.0 Å². The monoisotopic (exact) mass is 431 g/mol. The number of aromatic nitrogens is 5. The van der Waals surface area contributed by atoms with Gasteiger partial charge in [-0.05, 0) is 30.7 Å². The molecule has 29 heavy (non-hydrogen) atoms. The summed E-state index contributed by atoms with van der Waals surface area (Å²) in [6.45, 7) is 2.64. The fourth-order valence-electron chi connectivity index (χ4n) is 2.99. The minimum Gasteiger partial charge on any atom is -0.486 e. The molecule has 0 saturated heterocycles. The average Bonchev–Trinajstić information content (AvgIpc) is 3.29. The lowest BCUT2D eigenvalue weighted by molar-refractivity contribution is 0.305. The molecule has 0 atom stereocenters. The summed E-state index contributed by atoms with van der Waals surface area (Å²) >= 11 is 7.73. The third-order valence-electron chi connectivity index (χ3n) is 4.60. The highest BCUT2D eigenvalue weighted by Gasteiger charge is 2.19. The maximum Gasteiger partial charge on any atom is 0.332 e. The third kappa shape index (κ3) is 3.58. The van der Waals surface area contributed by atoms with Crippen LogP contribution in [-0.2, 0) is 27.2 Å². The SMILES string of the molecule is Cc1ccc(OCc2nc(Cn3c(Cl)nc4c3c(=O)n(C)c(=O)n4C)cs2)cc1. The van der Waals surface area contributed by atoms with Crippen LogP contribution in [0.15, 0.2) is 39.2 Å². The zero-order valence-corrected chi connectivity index (χ0v) is 17.6. The quantitative estimate of drug-likeness (QED) is 0.453. The van der Waals surface area contributed by atoms with Gasteiger partial charge in [-0.25, -0.2) is 9.78 Å². The maximum absolute atomic E-state index is 12.6. The summed E-state index contributed by atoms with van der Waals surface area (Å²) < 4.78 is 9.68. The Morgan fingerprint density at radius 1 is 1.10 bits per heavy atom. The molecule has 0 N–H and O–H groups in total. The second kappa shape index (κ2) is 7.49. The molecule has 4 aromatic rings. The van der Waals surface area contributed by atoms with Gasteiger partial charge >= 0.3 is 5.69 Å². The van der Waals surface area contributed by atoms with E-state index in [-0.39, 0.29) is 23.0 Å². The Bertz CT molecular complexity index is 1320. The molecule has 8 nitrogen and oxygen atoms in total. The zero-order chi connectivity index (χ0) is 20.7.